The lowest BCUT2D eigenvalue weighted by Crippen LogP contribution is -2.09. The molecule has 0 amide bonds. The van der Waals surface area contributed by atoms with E-state index in [0.29, 0.717) is 0 Å². The molecule has 1 aromatic carbocycles. The Morgan fingerprint density at radius 1 is 1.29 bits per heavy atom. The highest BCUT2D eigenvalue weighted by molar-refractivity contribution is 5.96. The van der Waals surface area contributed by atoms with Crippen molar-refractivity contribution in [3.63, 3.8) is 0 Å². The topological polar surface area (TPSA) is 70.8 Å². The molecular weight excluding hydrogens is 236 g/mol. The molecule has 5 nitrogen and oxygen atoms in total. The number of carbonyl (C=O) groups excluding carboxylic acids is 1. The van der Waals surface area contributed by atoms with Crippen molar-refractivity contribution in [2.24, 2.45) is 0 Å². The Hall–Kier alpha value is -2.05. The van der Waals surface area contributed by atoms with E-state index in [9.17, 15) is 13.6 Å². The zero-order valence-electron chi connectivity index (χ0n) is 9.20. The molecule has 0 heterocycles. The summed E-state index contributed by atoms with van der Waals surface area (Å²) in [5.74, 6) is -1.02. The number of halogens is 2. The number of rotatable bonds is 4. The summed E-state index contributed by atoms with van der Waals surface area (Å²) in [6.45, 7) is -3.03. The van der Waals surface area contributed by atoms with Gasteiger partial charge in [-0.3, -0.25) is 0 Å². The summed E-state index contributed by atoms with van der Waals surface area (Å²) in [5.41, 5.74) is 5.53. The Balaban J connectivity index is 3.22. The first-order valence-electron chi connectivity index (χ1n) is 4.50. The Morgan fingerprint density at radius 3 is 2.41 bits per heavy atom. The summed E-state index contributed by atoms with van der Waals surface area (Å²) in [4.78, 5) is 11.3. The van der Waals surface area contributed by atoms with Gasteiger partial charge in [0.2, 0.25) is 0 Å². The molecule has 0 aliphatic heterocycles. The number of ether oxygens (including phenoxy) is 3. The van der Waals surface area contributed by atoms with Gasteiger partial charge in [-0.1, -0.05) is 0 Å². The highest BCUT2D eigenvalue weighted by atomic mass is 19.3. The van der Waals surface area contributed by atoms with Crippen LogP contribution in [0.1, 0.15) is 10.4 Å². The van der Waals surface area contributed by atoms with Gasteiger partial charge in [-0.2, -0.15) is 8.78 Å². The molecule has 0 atom stereocenters. The molecule has 1 rings (SSSR count). The van der Waals surface area contributed by atoms with E-state index in [1.165, 1.54) is 13.2 Å². The monoisotopic (exact) mass is 247 g/mol. The number of hydrogen-bond acceptors (Lipinski definition) is 5. The number of nitrogens with two attached hydrogens (primary N) is 1. The predicted octanol–water partition coefficient (Wildman–Crippen LogP) is 1.67. The summed E-state index contributed by atoms with van der Waals surface area (Å²) in [7, 11) is 2.42. The molecule has 7 heteroatoms. The molecule has 0 aromatic heterocycles. The third kappa shape index (κ3) is 2.96. The second-order valence-corrected chi connectivity index (χ2v) is 2.96. The number of hydrogen-bond donors (Lipinski definition) is 1. The van der Waals surface area contributed by atoms with E-state index in [1.807, 2.05) is 0 Å². The van der Waals surface area contributed by atoms with E-state index in [4.69, 9.17) is 10.5 Å². The average Bonchev–Trinajstić information content (AvgIpc) is 2.29. The van der Waals surface area contributed by atoms with Gasteiger partial charge in [0.1, 0.15) is 0 Å². The van der Waals surface area contributed by atoms with Gasteiger partial charge >= 0.3 is 12.6 Å². The minimum atomic E-state index is -3.03. The van der Waals surface area contributed by atoms with Crippen molar-refractivity contribution in [1.82, 2.24) is 0 Å². The van der Waals surface area contributed by atoms with Gasteiger partial charge in [0.25, 0.3) is 0 Å². The molecule has 0 bridgehead atoms. The van der Waals surface area contributed by atoms with E-state index in [1.54, 1.807) is 0 Å². The molecule has 0 aliphatic carbocycles. The molecule has 0 unspecified atom stereocenters. The molecular formula is C10H11F2NO4. The Morgan fingerprint density at radius 2 is 1.94 bits per heavy atom. The molecule has 17 heavy (non-hydrogen) atoms. The van der Waals surface area contributed by atoms with E-state index < -0.39 is 12.6 Å². The van der Waals surface area contributed by atoms with Gasteiger partial charge in [0.15, 0.2) is 11.5 Å². The summed E-state index contributed by atoms with van der Waals surface area (Å²) < 4.78 is 37.7. The molecule has 0 aliphatic rings. The zero-order chi connectivity index (χ0) is 13.0. The number of benzene rings is 1. The largest absolute Gasteiger partial charge is 0.493 e. The minimum absolute atomic E-state index is 0.00968. The van der Waals surface area contributed by atoms with E-state index in [2.05, 4.69) is 9.47 Å². The van der Waals surface area contributed by atoms with Crippen molar-refractivity contribution in [3.05, 3.63) is 17.7 Å². The Labute approximate surface area is 96.1 Å². The number of anilines is 1. The quantitative estimate of drug-likeness (QED) is 0.647. The number of nitrogen functional groups attached to an aromatic ring is 1. The van der Waals surface area contributed by atoms with Crippen LogP contribution in [0.15, 0.2) is 12.1 Å². The third-order valence-corrected chi connectivity index (χ3v) is 1.96. The maximum atomic E-state index is 12.1. The Kier molecular flexibility index (Phi) is 4.08. The summed E-state index contributed by atoms with van der Waals surface area (Å²) in [5, 5.41) is 0. The molecule has 0 saturated heterocycles. The molecule has 94 valence electrons. The molecule has 0 fully saturated rings. The summed E-state index contributed by atoms with van der Waals surface area (Å²) in [6.07, 6.45) is 0. The van der Waals surface area contributed by atoms with E-state index >= 15 is 0 Å². The van der Waals surface area contributed by atoms with Crippen molar-refractivity contribution >= 4 is 11.7 Å². The van der Waals surface area contributed by atoms with Crippen molar-refractivity contribution < 1.29 is 27.8 Å². The van der Waals surface area contributed by atoms with Crippen molar-refractivity contribution in [2.75, 3.05) is 20.0 Å². The van der Waals surface area contributed by atoms with Crippen LogP contribution >= 0.6 is 0 Å². The first-order valence-corrected chi connectivity index (χ1v) is 4.50. The van der Waals surface area contributed by atoms with Gasteiger partial charge in [-0.05, 0) is 0 Å². The first-order chi connectivity index (χ1) is 7.99. The lowest BCUT2D eigenvalue weighted by molar-refractivity contribution is -0.0512. The summed E-state index contributed by atoms with van der Waals surface area (Å²) in [6, 6.07) is 2.26. The molecule has 0 radical (unpaired) electrons. The normalized spacial score (nSPS) is 10.2. The highest BCUT2D eigenvalue weighted by Gasteiger charge is 2.18. The van der Waals surface area contributed by atoms with Gasteiger partial charge in [0, 0.05) is 12.1 Å². The van der Waals surface area contributed by atoms with Crippen LogP contribution in [-0.4, -0.2) is 26.8 Å². The van der Waals surface area contributed by atoms with Gasteiger partial charge < -0.3 is 19.9 Å². The van der Waals surface area contributed by atoms with Crippen molar-refractivity contribution in [1.29, 1.82) is 0 Å². The number of carbonyl (C=O) groups is 1. The van der Waals surface area contributed by atoms with Crippen LogP contribution in [0.3, 0.4) is 0 Å². The van der Waals surface area contributed by atoms with Crippen LogP contribution in [0.5, 0.6) is 11.5 Å². The summed E-state index contributed by atoms with van der Waals surface area (Å²) >= 11 is 0. The van der Waals surface area contributed by atoms with Crippen LogP contribution in [-0.2, 0) is 4.74 Å². The third-order valence-electron chi connectivity index (χ3n) is 1.96. The fourth-order valence-electron chi connectivity index (χ4n) is 1.21. The second-order valence-electron chi connectivity index (χ2n) is 2.96. The average molecular weight is 247 g/mol. The highest BCUT2D eigenvalue weighted by Crippen LogP contribution is 2.33. The lowest BCUT2D eigenvalue weighted by Gasteiger charge is -2.12. The fraction of sp³-hybridized carbons (Fsp3) is 0.300. The van der Waals surface area contributed by atoms with Crippen LogP contribution in [0, 0.1) is 0 Å². The van der Waals surface area contributed by atoms with Gasteiger partial charge in [-0.15, -0.1) is 0 Å². The Bertz CT molecular complexity index is 423. The predicted molar refractivity (Wildman–Crippen MR) is 55.4 cm³/mol. The van der Waals surface area contributed by atoms with E-state index in [0.717, 1.165) is 13.2 Å². The van der Waals surface area contributed by atoms with Crippen LogP contribution in [0.25, 0.3) is 0 Å². The number of methoxy groups -OCH3 is 2. The second kappa shape index (κ2) is 5.33. The van der Waals surface area contributed by atoms with Crippen molar-refractivity contribution in [2.45, 2.75) is 6.61 Å². The molecule has 0 spiro atoms. The number of esters is 1. The minimum Gasteiger partial charge on any atom is -0.493 e. The van der Waals surface area contributed by atoms with Crippen LogP contribution in [0.2, 0.25) is 0 Å². The standard InChI is InChI=1S/C10H11F2NO4/c1-15-7-4-6(13)5(9(14)16-2)3-8(7)17-10(11)12/h3-4,10H,13H2,1-2H3. The maximum Gasteiger partial charge on any atom is 0.387 e. The lowest BCUT2D eigenvalue weighted by atomic mass is 10.1. The zero-order valence-corrected chi connectivity index (χ0v) is 9.20. The van der Waals surface area contributed by atoms with Crippen LogP contribution < -0.4 is 15.2 Å². The van der Waals surface area contributed by atoms with Gasteiger partial charge in [0.05, 0.1) is 25.5 Å². The molecule has 1 aromatic rings. The van der Waals surface area contributed by atoms with Crippen molar-refractivity contribution in [3.8, 4) is 11.5 Å². The van der Waals surface area contributed by atoms with E-state index in [-0.39, 0.29) is 22.7 Å². The SMILES string of the molecule is COC(=O)c1cc(OC(F)F)c(OC)cc1N. The smallest absolute Gasteiger partial charge is 0.387 e. The van der Waals surface area contributed by atoms with Crippen LogP contribution in [0.4, 0.5) is 14.5 Å². The van der Waals surface area contributed by atoms with Gasteiger partial charge in [-0.25, -0.2) is 4.79 Å². The molecule has 2 N–H and O–H groups in total. The molecule has 0 saturated carbocycles. The maximum absolute atomic E-state index is 12.1. The fourth-order valence-corrected chi connectivity index (χ4v) is 1.21. The number of alkyl halides is 2. The first kappa shape index (κ1) is 13.0.